The van der Waals surface area contributed by atoms with E-state index in [4.69, 9.17) is 19.2 Å². The Balaban J connectivity index is 1.26. The van der Waals surface area contributed by atoms with E-state index in [1.807, 2.05) is 39.8 Å². The van der Waals surface area contributed by atoms with Crippen molar-refractivity contribution < 1.29 is 23.5 Å². The molecule has 2 aromatic carbocycles. The van der Waals surface area contributed by atoms with Crippen LogP contribution in [0.3, 0.4) is 0 Å². The van der Waals surface area contributed by atoms with Gasteiger partial charge in [-0.2, -0.15) is 5.26 Å². The smallest absolute Gasteiger partial charge is 0.410 e. The molecule has 1 aromatic heterocycles. The van der Waals surface area contributed by atoms with Crippen LogP contribution in [0.4, 0.5) is 10.5 Å². The zero-order valence-electron chi connectivity index (χ0n) is 21.0. The van der Waals surface area contributed by atoms with Crippen LogP contribution < -0.4 is 5.32 Å². The van der Waals surface area contributed by atoms with Crippen LogP contribution in [-0.4, -0.2) is 53.3 Å². The number of anilines is 1. The van der Waals surface area contributed by atoms with E-state index in [-0.39, 0.29) is 24.7 Å². The number of likely N-dealkylation sites (tertiary alicyclic amines) is 1. The highest BCUT2D eigenvalue weighted by Crippen LogP contribution is 2.28. The fourth-order valence-corrected chi connectivity index (χ4v) is 4.01. The molecule has 9 nitrogen and oxygen atoms in total. The fourth-order valence-electron chi connectivity index (χ4n) is 4.01. The average molecular weight is 491 g/mol. The summed E-state index contributed by atoms with van der Waals surface area (Å²) in [5, 5.41) is 12.0. The van der Waals surface area contributed by atoms with E-state index in [2.05, 4.69) is 16.4 Å². The van der Waals surface area contributed by atoms with Gasteiger partial charge in [0.05, 0.1) is 17.7 Å². The van der Waals surface area contributed by atoms with Gasteiger partial charge in [0, 0.05) is 24.3 Å². The van der Waals surface area contributed by atoms with Crippen LogP contribution in [0.2, 0.25) is 0 Å². The Morgan fingerprint density at radius 1 is 1.19 bits per heavy atom. The van der Waals surface area contributed by atoms with Crippen molar-refractivity contribution in [3.8, 4) is 17.5 Å². The maximum Gasteiger partial charge on any atom is 0.410 e. The standard InChI is InChI=1S/C27H30N4O5/c1-17-13-18(15-28)14-22-24(17)35-25(30-22)19-5-7-20(8-6-19)29-23(32)16-34-21-9-11-31(12-10-21)26(33)36-27(2,3)4/h5-8,13-14,21H,9-12,16H2,1-4H3,(H,29,32). The molecule has 1 saturated heterocycles. The van der Waals surface area contributed by atoms with E-state index in [0.717, 1.165) is 11.1 Å². The molecule has 4 rings (SSSR count). The number of aryl methyl sites for hydroxylation is 1. The van der Waals surface area contributed by atoms with Crippen molar-refractivity contribution in [1.29, 1.82) is 5.26 Å². The lowest BCUT2D eigenvalue weighted by Gasteiger charge is -2.33. The molecule has 0 aliphatic carbocycles. The van der Waals surface area contributed by atoms with E-state index in [1.54, 1.807) is 29.2 Å². The van der Waals surface area contributed by atoms with Gasteiger partial charge < -0.3 is 24.1 Å². The molecule has 36 heavy (non-hydrogen) atoms. The van der Waals surface area contributed by atoms with Gasteiger partial charge in [0.15, 0.2) is 5.58 Å². The lowest BCUT2D eigenvalue weighted by Crippen LogP contribution is -2.43. The maximum atomic E-state index is 12.4. The van der Waals surface area contributed by atoms with E-state index in [9.17, 15) is 9.59 Å². The number of hydrogen-bond donors (Lipinski definition) is 1. The Hall–Kier alpha value is -3.90. The fraction of sp³-hybridized carbons (Fsp3) is 0.407. The summed E-state index contributed by atoms with van der Waals surface area (Å²) in [4.78, 5) is 30.7. The van der Waals surface area contributed by atoms with Gasteiger partial charge in [0.1, 0.15) is 17.7 Å². The van der Waals surface area contributed by atoms with Crippen molar-refractivity contribution in [2.24, 2.45) is 0 Å². The normalized spacial score (nSPS) is 14.5. The van der Waals surface area contributed by atoms with E-state index < -0.39 is 5.60 Å². The number of rotatable bonds is 5. The van der Waals surface area contributed by atoms with Gasteiger partial charge >= 0.3 is 6.09 Å². The Bertz CT molecular complexity index is 1290. The molecule has 0 radical (unpaired) electrons. The summed E-state index contributed by atoms with van der Waals surface area (Å²) in [6, 6.07) is 12.8. The molecule has 3 aromatic rings. The number of ether oxygens (including phenoxy) is 2. The second-order valence-corrected chi connectivity index (χ2v) is 9.88. The molecule has 0 unspecified atom stereocenters. The minimum atomic E-state index is -0.523. The van der Waals surface area contributed by atoms with Crippen molar-refractivity contribution in [2.45, 2.75) is 52.2 Å². The summed E-state index contributed by atoms with van der Waals surface area (Å²) in [5.74, 6) is 0.195. The predicted molar refractivity (Wildman–Crippen MR) is 134 cm³/mol. The molecule has 2 amide bonds. The number of oxazole rings is 1. The molecule has 1 aliphatic heterocycles. The van der Waals surface area contributed by atoms with Gasteiger partial charge in [-0.25, -0.2) is 9.78 Å². The molecule has 1 fully saturated rings. The number of carbonyl (C=O) groups excluding carboxylic acids is 2. The van der Waals surface area contributed by atoms with Gasteiger partial charge in [-0.05, 0) is 82.5 Å². The summed E-state index contributed by atoms with van der Waals surface area (Å²) in [7, 11) is 0. The first-order valence-electron chi connectivity index (χ1n) is 11.9. The third-order valence-electron chi connectivity index (χ3n) is 5.76. The third kappa shape index (κ3) is 6.20. The second kappa shape index (κ2) is 10.4. The van der Waals surface area contributed by atoms with Crippen LogP contribution in [0.25, 0.3) is 22.6 Å². The molecule has 0 bridgehead atoms. The van der Waals surface area contributed by atoms with Gasteiger partial charge in [0.2, 0.25) is 11.8 Å². The molecule has 0 atom stereocenters. The molecular formula is C27H30N4O5. The van der Waals surface area contributed by atoms with Crippen molar-refractivity contribution in [1.82, 2.24) is 9.88 Å². The Morgan fingerprint density at radius 3 is 2.53 bits per heavy atom. The number of nitrogens with one attached hydrogen (secondary N) is 1. The monoisotopic (exact) mass is 490 g/mol. The molecule has 9 heteroatoms. The Labute approximate surface area is 210 Å². The number of amides is 2. The molecular weight excluding hydrogens is 460 g/mol. The molecule has 0 spiro atoms. The lowest BCUT2D eigenvalue weighted by atomic mass is 10.1. The van der Waals surface area contributed by atoms with E-state index >= 15 is 0 Å². The van der Waals surface area contributed by atoms with Crippen LogP contribution in [-0.2, 0) is 14.3 Å². The number of benzene rings is 2. The van der Waals surface area contributed by atoms with Gasteiger partial charge in [0.25, 0.3) is 0 Å². The first-order valence-corrected chi connectivity index (χ1v) is 11.9. The average Bonchev–Trinajstić information content (AvgIpc) is 3.27. The largest absolute Gasteiger partial charge is 0.444 e. The van der Waals surface area contributed by atoms with Crippen LogP contribution in [0.15, 0.2) is 40.8 Å². The van der Waals surface area contributed by atoms with Gasteiger partial charge in [-0.15, -0.1) is 0 Å². The van der Waals surface area contributed by atoms with Crippen molar-refractivity contribution >= 4 is 28.8 Å². The van der Waals surface area contributed by atoms with Gasteiger partial charge in [-0.3, -0.25) is 4.79 Å². The number of carbonyl (C=O) groups is 2. The highest BCUT2D eigenvalue weighted by atomic mass is 16.6. The van der Waals surface area contributed by atoms with Crippen LogP contribution >= 0.6 is 0 Å². The number of piperidine rings is 1. The summed E-state index contributed by atoms with van der Waals surface area (Å²) in [5.41, 5.74) is 3.53. The maximum absolute atomic E-state index is 12.4. The highest BCUT2D eigenvalue weighted by molar-refractivity contribution is 5.92. The highest BCUT2D eigenvalue weighted by Gasteiger charge is 2.27. The Kier molecular flexibility index (Phi) is 7.27. The topological polar surface area (TPSA) is 118 Å². The SMILES string of the molecule is Cc1cc(C#N)cc2nc(-c3ccc(NC(=O)COC4CCN(C(=O)OC(C)(C)C)CC4)cc3)oc12. The molecule has 1 aliphatic rings. The number of nitrogens with zero attached hydrogens (tertiary/aromatic N) is 3. The van der Waals surface area contributed by atoms with Crippen molar-refractivity contribution in [2.75, 3.05) is 25.0 Å². The summed E-state index contributed by atoms with van der Waals surface area (Å²) < 4.78 is 17.1. The first-order chi connectivity index (χ1) is 17.1. The quantitative estimate of drug-likeness (QED) is 0.533. The van der Waals surface area contributed by atoms with Crippen LogP contribution in [0.1, 0.15) is 44.7 Å². The molecule has 1 N–H and O–H groups in total. The predicted octanol–water partition coefficient (Wildman–Crippen LogP) is 5.03. The van der Waals surface area contributed by atoms with Crippen molar-refractivity contribution in [3.05, 3.63) is 47.5 Å². The number of aromatic nitrogens is 1. The summed E-state index contributed by atoms with van der Waals surface area (Å²) >= 11 is 0. The zero-order chi connectivity index (χ0) is 25.9. The first kappa shape index (κ1) is 25.2. The van der Waals surface area contributed by atoms with Crippen LogP contribution in [0.5, 0.6) is 0 Å². The molecule has 2 heterocycles. The third-order valence-corrected chi connectivity index (χ3v) is 5.76. The minimum absolute atomic E-state index is 0.0650. The van der Waals surface area contributed by atoms with E-state index in [1.165, 1.54) is 0 Å². The van der Waals surface area contributed by atoms with Gasteiger partial charge in [-0.1, -0.05) is 0 Å². The lowest BCUT2D eigenvalue weighted by molar-refractivity contribution is -0.123. The zero-order valence-corrected chi connectivity index (χ0v) is 21.0. The number of hydrogen-bond acceptors (Lipinski definition) is 7. The van der Waals surface area contributed by atoms with Crippen molar-refractivity contribution in [3.63, 3.8) is 0 Å². The van der Waals surface area contributed by atoms with E-state index in [0.29, 0.717) is 54.2 Å². The summed E-state index contributed by atoms with van der Waals surface area (Å²) in [6.07, 6.45) is 0.908. The Morgan fingerprint density at radius 2 is 1.89 bits per heavy atom. The molecule has 0 saturated carbocycles. The minimum Gasteiger partial charge on any atom is -0.444 e. The number of nitriles is 1. The van der Waals surface area contributed by atoms with Crippen LogP contribution in [0, 0.1) is 18.3 Å². The second-order valence-electron chi connectivity index (χ2n) is 9.88. The molecule has 188 valence electrons. The number of fused-ring (bicyclic) bond motifs is 1. The summed E-state index contributed by atoms with van der Waals surface area (Å²) in [6.45, 7) is 8.42.